The van der Waals surface area contributed by atoms with Gasteiger partial charge in [0, 0.05) is 24.7 Å². The van der Waals surface area contributed by atoms with E-state index in [1.54, 1.807) is 5.10 Å². The Hall–Kier alpha value is -2.62. The van der Waals surface area contributed by atoms with Crippen molar-refractivity contribution < 1.29 is 27.4 Å². The van der Waals surface area contributed by atoms with Crippen LogP contribution in [0.1, 0.15) is 16.7 Å². The molecule has 2 aromatic rings. The van der Waals surface area contributed by atoms with Crippen LogP contribution in [0.3, 0.4) is 0 Å². The number of aromatic amines is 1. The summed E-state index contributed by atoms with van der Waals surface area (Å²) in [5, 5.41) is 13.9. The third-order valence-corrected chi connectivity index (χ3v) is 3.79. The fourth-order valence-electron chi connectivity index (χ4n) is 2.76. The highest BCUT2D eigenvalue weighted by Gasteiger charge is 2.39. The smallest absolute Gasteiger partial charge is 0.423 e. The Labute approximate surface area is 138 Å². The van der Waals surface area contributed by atoms with Crippen LogP contribution in [0.25, 0.3) is 0 Å². The van der Waals surface area contributed by atoms with Crippen molar-refractivity contribution in [2.24, 2.45) is 0 Å². The van der Waals surface area contributed by atoms with Crippen molar-refractivity contribution in [2.45, 2.75) is 19.3 Å². The molecule has 0 aliphatic carbocycles. The average molecular weight is 359 g/mol. The minimum atomic E-state index is -4.87. The summed E-state index contributed by atoms with van der Waals surface area (Å²) in [6.07, 6.45) is -3.97. The Morgan fingerprint density at radius 1 is 1.32 bits per heavy atom. The standard InChI is InChI=1S/C15H13F4N3O3/c16-11-4-9(25-2-1-23)3-8-6-22(7-10(8)11)12-5-20-21-14(24)13(12)15(17,18)19/h3-5,23H,1-2,6-7H2,(H,21,24). The zero-order chi connectivity index (χ0) is 18.2. The van der Waals surface area contributed by atoms with Gasteiger partial charge in [-0.1, -0.05) is 0 Å². The van der Waals surface area contributed by atoms with Crippen LogP contribution in [-0.2, 0) is 19.3 Å². The summed E-state index contributed by atoms with van der Waals surface area (Å²) < 4.78 is 58.9. The van der Waals surface area contributed by atoms with Crippen LogP contribution in [0.5, 0.6) is 5.75 Å². The number of aromatic nitrogens is 2. The molecule has 0 radical (unpaired) electrons. The number of hydrogen-bond acceptors (Lipinski definition) is 5. The molecule has 2 N–H and O–H groups in total. The van der Waals surface area contributed by atoms with Gasteiger partial charge in [-0.15, -0.1) is 0 Å². The topological polar surface area (TPSA) is 78.5 Å². The first kappa shape index (κ1) is 17.2. The molecule has 1 aromatic carbocycles. The predicted molar refractivity (Wildman–Crippen MR) is 78.7 cm³/mol. The number of aliphatic hydroxyl groups excluding tert-OH is 1. The van der Waals surface area contributed by atoms with E-state index in [4.69, 9.17) is 9.84 Å². The summed E-state index contributed by atoms with van der Waals surface area (Å²) in [5.74, 6) is -0.452. The maximum atomic E-state index is 14.2. The lowest BCUT2D eigenvalue weighted by Gasteiger charge is -2.21. The second-order valence-corrected chi connectivity index (χ2v) is 5.43. The number of anilines is 1. The van der Waals surface area contributed by atoms with Gasteiger partial charge in [-0.2, -0.15) is 18.3 Å². The second-order valence-electron chi connectivity index (χ2n) is 5.43. The first-order chi connectivity index (χ1) is 11.8. The van der Waals surface area contributed by atoms with Crippen LogP contribution in [0.4, 0.5) is 23.2 Å². The van der Waals surface area contributed by atoms with Gasteiger partial charge in [-0.3, -0.25) is 4.79 Å². The van der Waals surface area contributed by atoms with Gasteiger partial charge in [-0.25, -0.2) is 9.49 Å². The van der Waals surface area contributed by atoms with E-state index in [-0.39, 0.29) is 37.6 Å². The number of rotatable bonds is 4. The molecule has 10 heteroatoms. The molecule has 0 unspecified atom stereocenters. The summed E-state index contributed by atoms with van der Waals surface area (Å²) >= 11 is 0. The number of nitrogens with zero attached hydrogens (tertiary/aromatic N) is 2. The van der Waals surface area contributed by atoms with Gasteiger partial charge in [0.2, 0.25) is 0 Å². The van der Waals surface area contributed by atoms with Gasteiger partial charge in [0.25, 0.3) is 5.56 Å². The maximum Gasteiger partial charge on any atom is 0.423 e. The molecule has 6 nitrogen and oxygen atoms in total. The van der Waals surface area contributed by atoms with E-state index in [2.05, 4.69) is 5.10 Å². The average Bonchev–Trinajstić information content (AvgIpc) is 2.96. The number of ether oxygens (including phenoxy) is 1. The Morgan fingerprint density at radius 2 is 2.08 bits per heavy atom. The molecule has 0 atom stereocenters. The maximum absolute atomic E-state index is 14.2. The molecule has 2 heterocycles. The van der Waals surface area contributed by atoms with Crippen molar-refractivity contribution in [1.82, 2.24) is 10.2 Å². The number of H-pyrrole nitrogens is 1. The number of nitrogens with one attached hydrogen (secondary N) is 1. The Kier molecular flexibility index (Phi) is 4.38. The van der Waals surface area contributed by atoms with Crippen LogP contribution in [0.2, 0.25) is 0 Å². The number of fused-ring (bicyclic) bond motifs is 1. The molecule has 0 amide bonds. The highest BCUT2D eigenvalue weighted by Crippen LogP contribution is 2.38. The van der Waals surface area contributed by atoms with Crippen molar-refractivity contribution >= 4 is 5.69 Å². The minimum Gasteiger partial charge on any atom is -0.491 e. The zero-order valence-corrected chi connectivity index (χ0v) is 12.7. The molecule has 1 aromatic heterocycles. The molecule has 0 saturated heterocycles. The summed E-state index contributed by atoms with van der Waals surface area (Å²) in [7, 11) is 0. The number of hydrogen-bond donors (Lipinski definition) is 2. The SMILES string of the molecule is O=c1[nH]ncc(N2Cc3cc(OCCO)cc(F)c3C2)c1C(F)(F)F. The first-order valence-corrected chi connectivity index (χ1v) is 7.26. The molecule has 0 fully saturated rings. The quantitative estimate of drug-likeness (QED) is 0.815. The van der Waals surface area contributed by atoms with E-state index in [1.165, 1.54) is 11.0 Å². The lowest BCUT2D eigenvalue weighted by molar-refractivity contribution is -0.138. The second kappa shape index (κ2) is 6.36. The predicted octanol–water partition coefficient (Wildman–Crippen LogP) is 1.82. The van der Waals surface area contributed by atoms with Crippen LogP contribution in [0, 0.1) is 5.82 Å². The fraction of sp³-hybridized carbons (Fsp3) is 0.333. The Morgan fingerprint density at radius 3 is 2.76 bits per heavy atom. The van der Waals surface area contributed by atoms with E-state index in [0.717, 1.165) is 12.3 Å². The third kappa shape index (κ3) is 3.29. The number of alkyl halides is 3. The number of halogens is 4. The van der Waals surface area contributed by atoms with Crippen molar-refractivity contribution in [3.8, 4) is 5.75 Å². The summed E-state index contributed by atoms with van der Waals surface area (Å²) in [5.41, 5.74) is -2.46. The van der Waals surface area contributed by atoms with E-state index < -0.39 is 28.8 Å². The summed E-state index contributed by atoms with van der Waals surface area (Å²) in [6, 6.07) is 2.61. The molecule has 25 heavy (non-hydrogen) atoms. The van der Waals surface area contributed by atoms with E-state index in [9.17, 15) is 22.4 Å². The zero-order valence-electron chi connectivity index (χ0n) is 12.7. The Bertz CT molecular complexity index is 851. The highest BCUT2D eigenvalue weighted by molar-refractivity contribution is 5.57. The van der Waals surface area contributed by atoms with Crippen LogP contribution in [0.15, 0.2) is 23.1 Å². The summed E-state index contributed by atoms with van der Waals surface area (Å²) in [4.78, 5) is 12.8. The van der Waals surface area contributed by atoms with Gasteiger partial charge >= 0.3 is 6.18 Å². The fourth-order valence-corrected chi connectivity index (χ4v) is 2.76. The van der Waals surface area contributed by atoms with Gasteiger partial charge in [0.15, 0.2) is 0 Å². The molecule has 0 bridgehead atoms. The van der Waals surface area contributed by atoms with Gasteiger partial charge in [0.1, 0.15) is 23.7 Å². The van der Waals surface area contributed by atoms with Crippen LogP contribution in [-0.4, -0.2) is 28.5 Å². The lowest BCUT2D eigenvalue weighted by atomic mass is 10.1. The van der Waals surface area contributed by atoms with Crippen molar-refractivity contribution in [3.63, 3.8) is 0 Å². The molecule has 0 spiro atoms. The van der Waals surface area contributed by atoms with Crippen molar-refractivity contribution in [3.05, 3.63) is 51.2 Å². The van der Waals surface area contributed by atoms with E-state index >= 15 is 0 Å². The molecule has 1 aliphatic rings. The minimum absolute atomic E-state index is 0.0296. The first-order valence-electron chi connectivity index (χ1n) is 7.26. The molecule has 1 aliphatic heterocycles. The van der Waals surface area contributed by atoms with Gasteiger partial charge in [0.05, 0.1) is 18.5 Å². The highest BCUT2D eigenvalue weighted by atomic mass is 19.4. The summed E-state index contributed by atoms with van der Waals surface area (Å²) in [6.45, 7) is -0.442. The molecule has 3 rings (SSSR count). The van der Waals surface area contributed by atoms with Crippen LogP contribution < -0.4 is 15.2 Å². The van der Waals surface area contributed by atoms with Crippen LogP contribution >= 0.6 is 0 Å². The number of aliphatic hydroxyl groups is 1. The molecular weight excluding hydrogens is 346 g/mol. The molecule has 0 saturated carbocycles. The monoisotopic (exact) mass is 359 g/mol. The van der Waals surface area contributed by atoms with Crippen molar-refractivity contribution in [1.29, 1.82) is 0 Å². The number of benzene rings is 1. The third-order valence-electron chi connectivity index (χ3n) is 3.79. The molecular formula is C15H13F4N3O3. The van der Waals surface area contributed by atoms with Gasteiger partial charge < -0.3 is 14.7 Å². The van der Waals surface area contributed by atoms with E-state index in [1.807, 2.05) is 0 Å². The Balaban J connectivity index is 1.97. The van der Waals surface area contributed by atoms with Crippen molar-refractivity contribution in [2.75, 3.05) is 18.1 Å². The normalized spacial score (nSPS) is 13.9. The molecule has 134 valence electrons. The van der Waals surface area contributed by atoms with Gasteiger partial charge in [-0.05, 0) is 11.6 Å². The largest absolute Gasteiger partial charge is 0.491 e. The lowest BCUT2D eigenvalue weighted by Crippen LogP contribution is -2.28. The van der Waals surface area contributed by atoms with E-state index in [0.29, 0.717) is 5.56 Å².